The highest BCUT2D eigenvalue weighted by atomic mass is 16.2. The van der Waals surface area contributed by atoms with Crippen molar-refractivity contribution in [1.82, 2.24) is 0 Å². The van der Waals surface area contributed by atoms with E-state index >= 15 is 0 Å². The van der Waals surface area contributed by atoms with E-state index in [0.29, 0.717) is 6.61 Å². The van der Waals surface area contributed by atoms with Crippen LogP contribution in [0.25, 0.3) is 0 Å². The van der Waals surface area contributed by atoms with Crippen LogP contribution in [0.15, 0.2) is 0 Å². The van der Waals surface area contributed by atoms with Gasteiger partial charge in [0.05, 0.1) is 0 Å². The minimum atomic E-state index is 0.377. The molecule has 1 fully saturated rings. The van der Waals surface area contributed by atoms with Crippen molar-refractivity contribution in [2.75, 3.05) is 6.61 Å². The lowest BCUT2D eigenvalue weighted by molar-refractivity contribution is 0.282. The molecule has 1 aliphatic rings. The van der Waals surface area contributed by atoms with Gasteiger partial charge in [-0.15, -0.1) is 0 Å². The Morgan fingerprint density at radius 3 is 1.60 bits per heavy atom. The summed E-state index contributed by atoms with van der Waals surface area (Å²) >= 11 is 0. The van der Waals surface area contributed by atoms with Gasteiger partial charge >= 0.3 is 0 Å². The minimum absolute atomic E-state index is 0.377. The fraction of sp³-hybridized carbons (Fsp3) is 1.00. The zero-order chi connectivity index (χ0) is 14.5. The maximum Gasteiger partial charge on any atom is 0.0431 e. The first kappa shape index (κ1) is 18.0. The Bertz CT molecular complexity index is 202. The van der Waals surface area contributed by atoms with Crippen molar-refractivity contribution in [2.45, 2.75) is 103 Å². The summed E-state index contributed by atoms with van der Waals surface area (Å²) in [6, 6.07) is 0. The van der Waals surface area contributed by atoms with Crippen LogP contribution in [0.5, 0.6) is 0 Å². The first-order valence-corrected chi connectivity index (χ1v) is 9.49. The second-order valence-corrected chi connectivity index (χ2v) is 6.95. The number of rotatable bonds is 15. The van der Waals surface area contributed by atoms with Crippen molar-refractivity contribution in [2.24, 2.45) is 11.8 Å². The average Bonchev–Trinajstić information content (AvgIpc) is 3.20. The molecule has 2 unspecified atom stereocenters. The summed E-state index contributed by atoms with van der Waals surface area (Å²) in [5.41, 5.74) is 0. The Labute approximate surface area is 127 Å². The zero-order valence-electron chi connectivity index (χ0n) is 13.9. The van der Waals surface area contributed by atoms with Crippen molar-refractivity contribution < 1.29 is 5.11 Å². The minimum Gasteiger partial charge on any atom is -0.396 e. The van der Waals surface area contributed by atoms with Crippen LogP contribution < -0.4 is 0 Å². The van der Waals surface area contributed by atoms with Gasteiger partial charge in [-0.3, -0.25) is 0 Å². The predicted molar refractivity (Wildman–Crippen MR) is 89.0 cm³/mol. The fourth-order valence-electron chi connectivity index (χ4n) is 3.43. The molecule has 0 amide bonds. The van der Waals surface area contributed by atoms with Crippen LogP contribution in [0.1, 0.15) is 103 Å². The topological polar surface area (TPSA) is 20.2 Å². The van der Waals surface area contributed by atoms with E-state index in [4.69, 9.17) is 5.11 Å². The first-order valence-electron chi connectivity index (χ1n) is 9.49. The van der Waals surface area contributed by atoms with E-state index in [1.807, 2.05) is 0 Å². The third-order valence-electron chi connectivity index (χ3n) is 4.98. The largest absolute Gasteiger partial charge is 0.396 e. The molecular formula is C19H38O. The highest BCUT2D eigenvalue weighted by Crippen LogP contribution is 2.45. The van der Waals surface area contributed by atoms with Crippen molar-refractivity contribution >= 4 is 0 Å². The lowest BCUT2D eigenvalue weighted by Gasteiger charge is -2.02. The van der Waals surface area contributed by atoms with E-state index in [1.54, 1.807) is 6.42 Å². The normalized spacial score (nSPS) is 21.3. The summed E-state index contributed by atoms with van der Waals surface area (Å²) in [6.07, 6.45) is 21.1. The van der Waals surface area contributed by atoms with Crippen LogP contribution in [0.2, 0.25) is 0 Å². The van der Waals surface area contributed by atoms with E-state index in [1.165, 1.54) is 83.5 Å². The van der Waals surface area contributed by atoms with E-state index in [9.17, 15) is 0 Å². The lowest BCUT2D eigenvalue weighted by Crippen LogP contribution is -1.87. The second-order valence-electron chi connectivity index (χ2n) is 6.95. The Hall–Kier alpha value is -0.0400. The molecule has 0 radical (unpaired) electrons. The van der Waals surface area contributed by atoms with Gasteiger partial charge in [0.15, 0.2) is 0 Å². The van der Waals surface area contributed by atoms with Crippen molar-refractivity contribution in [3.63, 3.8) is 0 Å². The van der Waals surface area contributed by atoms with Gasteiger partial charge < -0.3 is 5.11 Å². The van der Waals surface area contributed by atoms with Crippen LogP contribution in [0.4, 0.5) is 0 Å². The molecule has 1 aliphatic carbocycles. The van der Waals surface area contributed by atoms with Crippen molar-refractivity contribution in [3.05, 3.63) is 0 Å². The summed E-state index contributed by atoms with van der Waals surface area (Å²) in [5, 5.41) is 8.71. The molecule has 1 heteroatoms. The first-order chi connectivity index (χ1) is 9.88. The van der Waals surface area contributed by atoms with Gasteiger partial charge in [-0.2, -0.15) is 0 Å². The smallest absolute Gasteiger partial charge is 0.0431 e. The predicted octanol–water partition coefficient (Wildman–Crippen LogP) is 6.10. The third kappa shape index (κ3) is 9.80. The molecule has 1 saturated carbocycles. The molecule has 1 rings (SSSR count). The van der Waals surface area contributed by atoms with Crippen molar-refractivity contribution in [3.8, 4) is 0 Å². The zero-order valence-corrected chi connectivity index (χ0v) is 13.9. The number of hydrogen-bond donors (Lipinski definition) is 1. The average molecular weight is 283 g/mol. The van der Waals surface area contributed by atoms with E-state index in [2.05, 4.69) is 6.92 Å². The molecule has 0 heterocycles. The fourth-order valence-corrected chi connectivity index (χ4v) is 3.43. The summed E-state index contributed by atoms with van der Waals surface area (Å²) in [7, 11) is 0. The Morgan fingerprint density at radius 2 is 1.10 bits per heavy atom. The van der Waals surface area contributed by atoms with Gasteiger partial charge in [0, 0.05) is 6.61 Å². The molecule has 1 N–H and O–H groups in total. The molecule has 2 atom stereocenters. The Kier molecular flexibility index (Phi) is 11.4. The highest BCUT2D eigenvalue weighted by molar-refractivity contribution is 4.85. The van der Waals surface area contributed by atoms with Crippen LogP contribution in [-0.2, 0) is 0 Å². The molecule has 0 aromatic carbocycles. The van der Waals surface area contributed by atoms with E-state index < -0.39 is 0 Å². The molecule has 0 saturated heterocycles. The monoisotopic (exact) mass is 282 g/mol. The highest BCUT2D eigenvalue weighted by Gasteiger charge is 2.34. The van der Waals surface area contributed by atoms with Gasteiger partial charge in [0.25, 0.3) is 0 Å². The van der Waals surface area contributed by atoms with Gasteiger partial charge in [0.2, 0.25) is 0 Å². The molecular weight excluding hydrogens is 244 g/mol. The summed E-state index contributed by atoms with van der Waals surface area (Å²) in [6.45, 7) is 2.67. The van der Waals surface area contributed by atoms with Gasteiger partial charge in [-0.1, -0.05) is 90.4 Å². The molecule has 20 heavy (non-hydrogen) atoms. The van der Waals surface area contributed by atoms with E-state index in [-0.39, 0.29) is 0 Å². The lowest BCUT2D eigenvalue weighted by atomic mass is 10.0. The molecule has 120 valence electrons. The Balaban J connectivity index is 1.75. The van der Waals surface area contributed by atoms with Gasteiger partial charge in [-0.05, 0) is 24.7 Å². The second kappa shape index (κ2) is 12.7. The van der Waals surface area contributed by atoms with Gasteiger partial charge in [0.1, 0.15) is 0 Å². The summed E-state index contributed by atoms with van der Waals surface area (Å²) in [5.74, 6) is 2.21. The van der Waals surface area contributed by atoms with Crippen molar-refractivity contribution in [1.29, 1.82) is 0 Å². The molecule has 0 aliphatic heterocycles. The number of aliphatic hydroxyl groups excluding tert-OH is 1. The molecule has 0 aromatic heterocycles. The number of unbranched alkanes of at least 4 members (excludes halogenated alkanes) is 10. The van der Waals surface area contributed by atoms with Crippen LogP contribution in [0, 0.1) is 11.8 Å². The van der Waals surface area contributed by atoms with Crippen LogP contribution in [-0.4, -0.2) is 11.7 Å². The van der Waals surface area contributed by atoms with Crippen LogP contribution in [0.3, 0.4) is 0 Å². The Morgan fingerprint density at radius 1 is 0.650 bits per heavy atom. The number of hydrogen-bond acceptors (Lipinski definition) is 1. The summed E-state index contributed by atoms with van der Waals surface area (Å²) < 4.78 is 0. The molecule has 0 aromatic rings. The third-order valence-corrected chi connectivity index (χ3v) is 4.98. The van der Waals surface area contributed by atoms with Crippen LogP contribution >= 0.6 is 0 Å². The molecule has 0 spiro atoms. The molecule has 1 nitrogen and oxygen atoms in total. The quantitative estimate of drug-likeness (QED) is 0.360. The SMILES string of the molecule is CCCCCCCCC1CC1CCCCCCCCO. The summed E-state index contributed by atoms with van der Waals surface area (Å²) in [4.78, 5) is 0. The number of aliphatic hydroxyl groups is 1. The maximum absolute atomic E-state index is 8.71. The molecule has 0 bridgehead atoms. The van der Waals surface area contributed by atoms with Gasteiger partial charge in [-0.25, -0.2) is 0 Å². The van der Waals surface area contributed by atoms with E-state index in [0.717, 1.165) is 18.3 Å². The maximum atomic E-state index is 8.71. The standard InChI is InChI=1S/C19H38O/c1-2-3-4-5-8-11-14-18-17-19(18)15-12-9-6-7-10-13-16-20/h18-20H,2-17H2,1H3.